The fraction of sp³-hybridized carbons (Fsp3) is 0.469. The molecule has 3 unspecified atom stereocenters. The van der Waals surface area contributed by atoms with Crippen LogP contribution in [-0.4, -0.2) is 49.2 Å². The molecular weight excluding hydrogens is 626 g/mol. The van der Waals surface area contributed by atoms with E-state index >= 15 is 8.78 Å². The Labute approximate surface area is 255 Å². The van der Waals surface area contributed by atoms with E-state index in [-0.39, 0.29) is 24.6 Å². The van der Waals surface area contributed by atoms with Crippen LogP contribution in [0.15, 0.2) is 65.1 Å². The molecule has 3 aromatic rings. The smallest absolute Gasteiger partial charge is 0.298 e. The van der Waals surface area contributed by atoms with Crippen molar-refractivity contribution in [1.29, 1.82) is 0 Å². The second-order valence-corrected chi connectivity index (χ2v) is 14.8. The molecule has 2 fully saturated rings. The fourth-order valence-corrected chi connectivity index (χ4v) is 7.84. The standard InChI is InChI=1S/C32H37BrF2N2O4S/c1-20(2)41-29-13-6-23-18-22(4-5-24(23)19-29)14-15-42(39,40)36-30(32(34,35)25-7-9-26(33)10-8-25)31(38)37-27-11-12-28(37)17-21(3)16-27/h4-10,13,18-21,27-28,30,36H,11-12,14-17H2,1-3H3. The van der Waals surface area contributed by atoms with Gasteiger partial charge in [-0.05, 0) is 92.5 Å². The summed E-state index contributed by atoms with van der Waals surface area (Å²) in [7, 11) is -4.27. The van der Waals surface area contributed by atoms with Crippen LogP contribution in [-0.2, 0) is 27.2 Å². The predicted molar refractivity (Wildman–Crippen MR) is 164 cm³/mol. The number of amides is 1. The van der Waals surface area contributed by atoms with Gasteiger partial charge in [-0.15, -0.1) is 0 Å². The molecule has 0 radical (unpaired) electrons. The van der Waals surface area contributed by atoms with Gasteiger partial charge < -0.3 is 9.64 Å². The van der Waals surface area contributed by atoms with E-state index in [2.05, 4.69) is 27.6 Å². The molecule has 5 rings (SSSR count). The number of rotatable bonds is 10. The van der Waals surface area contributed by atoms with E-state index in [9.17, 15) is 13.2 Å². The number of carbonyl (C=O) groups is 1. The van der Waals surface area contributed by atoms with Crippen molar-refractivity contribution in [2.45, 2.75) is 83.0 Å². The number of hydrogen-bond acceptors (Lipinski definition) is 4. The van der Waals surface area contributed by atoms with E-state index in [4.69, 9.17) is 4.74 Å². The Balaban J connectivity index is 1.37. The van der Waals surface area contributed by atoms with Crippen LogP contribution >= 0.6 is 15.9 Å². The van der Waals surface area contributed by atoms with Crippen molar-refractivity contribution in [3.05, 3.63) is 76.3 Å². The number of aryl methyl sites for hydroxylation is 1. The first kappa shape index (κ1) is 30.9. The van der Waals surface area contributed by atoms with Gasteiger partial charge in [0.25, 0.3) is 5.92 Å². The van der Waals surface area contributed by atoms with E-state index in [1.807, 2.05) is 50.2 Å². The van der Waals surface area contributed by atoms with Crippen molar-refractivity contribution >= 4 is 42.6 Å². The molecule has 0 aliphatic carbocycles. The average Bonchev–Trinajstić information content (AvgIpc) is 3.20. The Hall–Kier alpha value is -2.56. The molecule has 1 amide bonds. The molecule has 3 atom stereocenters. The summed E-state index contributed by atoms with van der Waals surface area (Å²) in [6.07, 6.45) is 3.11. The Kier molecular flexibility index (Phi) is 8.98. The number of benzene rings is 3. The Morgan fingerprint density at radius 3 is 2.29 bits per heavy atom. The van der Waals surface area contributed by atoms with Gasteiger partial charge in [-0.1, -0.05) is 59.3 Å². The number of nitrogens with zero attached hydrogens (tertiary/aromatic N) is 1. The highest BCUT2D eigenvalue weighted by Crippen LogP contribution is 2.41. The molecule has 2 saturated heterocycles. The normalized spacial score (nSPS) is 21.6. The van der Waals surface area contributed by atoms with E-state index in [1.54, 1.807) is 4.90 Å². The fourth-order valence-electron chi connectivity index (χ4n) is 6.34. The molecule has 0 saturated carbocycles. The van der Waals surface area contributed by atoms with Gasteiger partial charge in [0.15, 0.2) is 6.04 Å². The first-order chi connectivity index (χ1) is 19.8. The molecule has 10 heteroatoms. The second kappa shape index (κ2) is 12.2. The zero-order valence-corrected chi connectivity index (χ0v) is 26.4. The Bertz CT molecular complexity index is 1530. The van der Waals surface area contributed by atoms with Crippen molar-refractivity contribution in [3.63, 3.8) is 0 Å². The lowest BCUT2D eigenvalue weighted by Crippen LogP contribution is -2.60. The molecule has 2 bridgehead atoms. The van der Waals surface area contributed by atoms with Crippen molar-refractivity contribution in [2.24, 2.45) is 5.92 Å². The quantitative estimate of drug-likeness (QED) is 0.259. The van der Waals surface area contributed by atoms with Gasteiger partial charge in [0, 0.05) is 22.1 Å². The van der Waals surface area contributed by atoms with Gasteiger partial charge in [-0.25, -0.2) is 8.42 Å². The first-order valence-corrected chi connectivity index (χ1v) is 16.9. The third-order valence-corrected chi connectivity index (χ3v) is 10.1. The average molecular weight is 664 g/mol. The van der Waals surface area contributed by atoms with Crippen LogP contribution in [0.1, 0.15) is 57.6 Å². The lowest BCUT2D eigenvalue weighted by molar-refractivity contribution is -0.149. The Morgan fingerprint density at radius 1 is 1.02 bits per heavy atom. The number of hydrogen-bond donors (Lipinski definition) is 1. The van der Waals surface area contributed by atoms with E-state index < -0.39 is 39.2 Å². The summed E-state index contributed by atoms with van der Waals surface area (Å²) in [4.78, 5) is 15.4. The molecule has 1 N–H and O–H groups in total. The van der Waals surface area contributed by atoms with Crippen LogP contribution in [0.4, 0.5) is 8.78 Å². The van der Waals surface area contributed by atoms with Crippen LogP contribution < -0.4 is 9.46 Å². The summed E-state index contributed by atoms with van der Waals surface area (Å²) < 4.78 is 67.4. The maximum absolute atomic E-state index is 16.1. The topological polar surface area (TPSA) is 75.7 Å². The number of fused-ring (bicyclic) bond motifs is 3. The highest BCUT2D eigenvalue weighted by atomic mass is 79.9. The lowest BCUT2D eigenvalue weighted by Gasteiger charge is -2.41. The number of piperidine rings is 1. The summed E-state index contributed by atoms with van der Waals surface area (Å²) >= 11 is 3.25. The van der Waals surface area contributed by atoms with Crippen molar-refractivity contribution in [3.8, 4) is 5.75 Å². The molecule has 3 aromatic carbocycles. The molecule has 6 nitrogen and oxygen atoms in total. The number of nitrogens with one attached hydrogen (secondary N) is 1. The largest absolute Gasteiger partial charge is 0.491 e. The number of halogens is 3. The maximum atomic E-state index is 16.1. The molecule has 0 spiro atoms. The van der Waals surface area contributed by atoms with E-state index in [0.29, 0.717) is 10.4 Å². The van der Waals surface area contributed by atoms with Crippen LogP contribution in [0.25, 0.3) is 10.8 Å². The lowest BCUT2D eigenvalue weighted by atomic mass is 9.91. The molecule has 2 aliphatic rings. The zero-order valence-electron chi connectivity index (χ0n) is 24.0. The summed E-state index contributed by atoms with van der Waals surface area (Å²) in [5, 5.41) is 1.86. The first-order valence-electron chi connectivity index (χ1n) is 14.5. The van der Waals surface area contributed by atoms with Gasteiger partial charge in [-0.2, -0.15) is 13.5 Å². The summed E-state index contributed by atoms with van der Waals surface area (Å²) in [5.74, 6) is -3.90. The molecule has 2 aliphatic heterocycles. The predicted octanol–water partition coefficient (Wildman–Crippen LogP) is 6.80. The SMILES string of the molecule is CC1CC2CCC(C1)N2C(=O)C(NS(=O)(=O)CCc1ccc2cc(OC(C)C)ccc2c1)C(F)(F)c1ccc(Br)cc1. The van der Waals surface area contributed by atoms with E-state index in [1.165, 1.54) is 24.3 Å². The highest BCUT2D eigenvalue weighted by molar-refractivity contribution is 9.10. The van der Waals surface area contributed by atoms with Gasteiger partial charge in [0.05, 0.1) is 11.9 Å². The maximum Gasteiger partial charge on any atom is 0.298 e. The number of alkyl halides is 2. The summed E-state index contributed by atoms with van der Waals surface area (Å²) in [6, 6.07) is 14.1. The molecule has 2 heterocycles. The van der Waals surface area contributed by atoms with Crippen LogP contribution in [0, 0.1) is 5.92 Å². The monoisotopic (exact) mass is 662 g/mol. The minimum atomic E-state index is -4.27. The van der Waals surface area contributed by atoms with Crippen LogP contribution in [0.2, 0.25) is 0 Å². The molecule has 226 valence electrons. The van der Waals surface area contributed by atoms with E-state index in [0.717, 1.165) is 47.8 Å². The minimum absolute atomic E-state index is 0.0416. The van der Waals surface area contributed by atoms with Crippen molar-refractivity contribution in [1.82, 2.24) is 9.62 Å². The number of ether oxygens (including phenoxy) is 1. The Morgan fingerprint density at radius 2 is 1.64 bits per heavy atom. The highest BCUT2D eigenvalue weighted by Gasteiger charge is 2.53. The third-order valence-electron chi connectivity index (χ3n) is 8.27. The van der Waals surface area contributed by atoms with Gasteiger partial charge >= 0.3 is 0 Å². The third kappa shape index (κ3) is 6.81. The molecule has 42 heavy (non-hydrogen) atoms. The van der Waals surface area contributed by atoms with Crippen LogP contribution in [0.5, 0.6) is 5.75 Å². The van der Waals surface area contributed by atoms with Crippen molar-refractivity contribution < 1.29 is 26.7 Å². The minimum Gasteiger partial charge on any atom is -0.491 e. The second-order valence-electron chi connectivity index (χ2n) is 12.0. The zero-order chi connectivity index (χ0) is 30.2. The number of carbonyl (C=O) groups excluding carboxylic acids is 1. The van der Waals surface area contributed by atoms with Gasteiger partial charge in [-0.3, -0.25) is 4.79 Å². The van der Waals surface area contributed by atoms with Gasteiger partial charge in [0.1, 0.15) is 5.75 Å². The molecule has 0 aromatic heterocycles. The summed E-state index contributed by atoms with van der Waals surface area (Å²) in [6.45, 7) is 6.01. The molecular formula is C32H37BrF2N2O4S. The van der Waals surface area contributed by atoms with Crippen molar-refractivity contribution in [2.75, 3.05) is 5.75 Å². The van der Waals surface area contributed by atoms with Crippen LogP contribution in [0.3, 0.4) is 0 Å². The van der Waals surface area contributed by atoms with Gasteiger partial charge in [0.2, 0.25) is 15.9 Å². The summed E-state index contributed by atoms with van der Waals surface area (Å²) in [5.41, 5.74) is 0.329. The number of sulfonamides is 1.